The minimum Gasteiger partial charge on any atom is -0.488 e. The second kappa shape index (κ2) is 9.43. The van der Waals surface area contributed by atoms with E-state index in [2.05, 4.69) is 18.0 Å². The van der Waals surface area contributed by atoms with E-state index in [4.69, 9.17) is 21.6 Å². The lowest BCUT2D eigenvalue weighted by molar-refractivity contribution is 0.363. The van der Waals surface area contributed by atoms with E-state index in [1.54, 1.807) is 6.08 Å². The van der Waals surface area contributed by atoms with Crippen LogP contribution in [0.5, 0.6) is 5.75 Å². The number of nitriles is 1. The number of hydrogen-bond donors (Lipinski definition) is 1. The second-order valence-corrected chi connectivity index (χ2v) is 4.56. The number of halogens is 1. The Morgan fingerprint density at radius 3 is 2.95 bits per heavy atom. The summed E-state index contributed by atoms with van der Waals surface area (Å²) in [6, 6.07) is 7.91. The van der Waals surface area contributed by atoms with E-state index in [9.17, 15) is 0 Å². The Bertz CT molecular complexity index is 440. The fraction of sp³-hybridized carbons (Fsp3) is 0.400. The summed E-state index contributed by atoms with van der Waals surface area (Å²) in [7, 11) is 0. The van der Waals surface area contributed by atoms with Gasteiger partial charge in [-0.05, 0) is 37.1 Å². The van der Waals surface area contributed by atoms with Gasteiger partial charge in [-0.3, -0.25) is 0 Å². The van der Waals surface area contributed by atoms with Gasteiger partial charge >= 0.3 is 0 Å². The fourth-order valence-electron chi connectivity index (χ4n) is 1.61. The third kappa shape index (κ3) is 6.28. The molecule has 4 heteroatoms. The van der Waals surface area contributed by atoms with Gasteiger partial charge in [0.1, 0.15) is 12.4 Å². The molecule has 1 aromatic carbocycles. The van der Waals surface area contributed by atoms with Crippen molar-refractivity contribution in [1.82, 2.24) is 5.32 Å². The number of hydrogen-bond acceptors (Lipinski definition) is 3. The molecule has 0 amide bonds. The van der Waals surface area contributed by atoms with Crippen LogP contribution in [0.1, 0.15) is 24.8 Å². The smallest absolute Gasteiger partial charge is 0.138 e. The first-order valence-electron chi connectivity index (χ1n) is 6.37. The molecule has 0 aromatic heterocycles. The van der Waals surface area contributed by atoms with Crippen molar-refractivity contribution in [3.05, 3.63) is 41.4 Å². The highest BCUT2D eigenvalue weighted by Crippen LogP contribution is 2.25. The first-order valence-corrected chi connectivity index (χ1v) is 6.75. The fourth-order valence-corrected chi connectivity index (χ4v) is 1.86. The van der Waals surface area contributed by atoms with Crippen LogP contribution in [0, 0.1) is 11.3 Å². The quantitative estimate of drug-likeness (QED) is 0.553. The van der Waals surface area contributed by atoms with Gasteiger partial charge in [0, 0.05) is 13.0 Å². The number of nitrogens with one attached hydrogen (secondary N) is 1. The summed E-state index contributed by atoms with van der Waals surface area (Å²) in [6.45, 7) is 5.73. The molecular weight excluding hydrogens is 260 g/mol. The van der Waals surface area contributed by atoms with Crippen LogP contribution in [0.25, 0.3) is 0 Å². The van der Waals surface area contributed by atoms with Gasteiger partial charge in [0.15, 0.2) is 0 Å². The Morgan fingerprint density at radius 2 is 2.26 bits per heavy atom. The zero-order chi connectivity index (χ0) is 13.9. The summed E-state index contributed by atoms with van der Waals surface area (Å²) < 4.78 is 5.41. The highest BCUT2D eigenvalue weighted by atomic mass is 35.5. The van der Waals surface area contributed by atoms with Crippen molar-refractivity contribution in [3.8, 4) is 11.8 Å². The molecule has 0 unspecified atom stereocenters. The predicted octanol–water partition coefficient (Wildman–Crippen LogP) is 3.69. The van der Waals surface area contributed by atoms with Crippen molar-refractivity contribution < 1.29 is 4.74 Å². The maximum Gasteiger partial charge on any atom is 0.138 e. The normalized spacial score (nSPS) is 9.89. The first-order chi connectivity index (χ1) is 9.27. The molecule has 0 saturated heterocycles. The van der Waals surface area contributed by atoms with Crippen LogP contribution in [-0.2, 0) is 6.54 Å². The SMILES string of the molecule is C=CCOc1ccc(CNCCCCC#N)cc1Cl. The molecule has 0 radical (unpaired) electrons. The van der Waals surface area contributed by atoms with Gasteiger partial charge in [-0.1, -0.05) is 30.3 Å². The third-order valence-electron chi connectivity index (χ3n) is 2.57. The summed E-state index contributed by atoms with van der Waals surface area (Å²) in [5.41, 5.74) is 1.12. The molecule has 0 bridgehead atoms. The monoisotopic (exact) mass is 278 g/mol. The van der Waals surface area contributed by atoms with Crippen molar-refractivity contribution >= 4 is 11.6 Å². The Kier molecular flexibility index (Phi) is 7.72. The van der Waals surface area contributed by atoms with E-state index in [0.29, 0.717) is 23.8 Å². The van der Waals surface area contributed by atoms with E-state index in [0.717, 1.165) is 31.5 Å². The number of rotatable bonds is 9. The summed E-state index contributed by atoms with van der Waals surface area (Å²) in [5.74, 6) is 0.680. The Balaban J connectivity index is 2.33. The van der Waals surface area contributed by atoms with Crippen molar-refractivity contribution in [1.29, 1.82) is 5.26 Å². The van der Waals surface area contributed by atoms with Crippen LogP contribution < -0.4 is 10.1 Å². The van der Waals surface area contributed by atoms with E-state index in [1.807, 2.05) is 18.2 Å². The topological polar surface area (TPSA) is 45.0 Å². The van der Waals surface area contributed by atoms with E-state index in [-0.39, 0.29) is 0 Å². The van der Waals surface area contributed by atoms with E-state index < -0.39 is 0 Å². The largest absolute Gasteiger partial charge is 0.488 e. The zero-order valence-corrected chi connectivity index (χ0v) is 11.7. The van der Waals surface area contributed by atoms with Gasteiger partial charge in [-0.15, -0.1) is 0 Å². The molecule has 1 aromatic rings. The number of unbranched alkanes of at least 4 members (excludes halogenated alkanes) is 2. The third-order valence-corrected chi connectivity index (χ3v) is 2.87. The molecular formula is C15H19ClN2O. The summed E-state index contributed by atoms with van der Waals surface area (Å²) in [5, 5.41) is 12.4. The molecule has 0 atom stereocenters. The minimum absolute atomic E-state index is 0.455. The standard InChI is InChI=1S/C15H19ClN2O/c1-2-10-19-15-7-6-13(11-14(15)16)12-18-9-5-3-4-8-17/h2,6-7,11,18H,1,3-5,9-10,12H2. The molecule has 0 aliphatic heterocycles. The van der Waals surface area contributed by atoms with Gasteiger partial charge in [0.2, 0.25) is 0 Å². The van der Waals surface area contributed by atoms with E-state index >= 15 is 0 Å². The highest BCUT2D eigenvalue weighted by molar-refractivity contribution is 6.32. The maximum absolute atomic E-state index is 8.42. The Hall–Kier alpha value is -1.50. The highest BCUT2D eigenvalue weighted by Gasteiger charge is 2.02. The van der Waals surface area contributed by atoms with Crippen LogP contribution in [0.15, 0.2) is 30.9 Å². The van der Waals surface area contributed by atoms with Crippen molar-refractivity contribution in [2.45, 2.75) is 25.8 Å². The molecule has 0 saturated carbocycles. The van der Waals surface area contributed by atoms with Gasteiger partial charge in [-0.25, -0.2) is 0 Å². The molecule has 19 heavy (non-hydrogen) atoms. The molecule has 0 fully saturated rings. The summed E-state index contributed by atoms with van der Waals surface area (Å²) >= 11 is 6.12. The summed E-state index contributed by atoms with van der Waals surface area (Å²) in [4.78, 5) is 0. The number of nitrogens with zero attached hydrogens (tertiary/aromatic N) is 1. The molecule has 0 aliphatic carbocycles. The van der Waals surface area contributed by atoms with Crippen molar-refractivity contribution in [3.63, 3.8) is 0 Å². The average molecular weight is 279 g/mol. The first kappa shape index (κ1) is 15.6. The molecule has 3 nitrogen and oxygen atoms in total. The molecule has 1 rings (SSSR count). The van der Waals surface area contributed by atoms with Crippen molar-refractivity contribution in [2.75, 3.05) is 13.2 Å². The van der Waals surface area contributed by atoms with Crippen molar-refractivity contribution in [2.24, 2.45) is 0 Å². The average Bonchev–Trinajstić information content (AvgIpc) is 2.42. The van der Waals surface area contributed by atoms with Gasteiger partial charge in [0.25, 0.3) is 0 Å². The lowest BCUT2D eigenvalue weighted by Crippen LogP contribution is -2.14. The molecule has 0 aliphatic rings. The number of benzene rings is 1. The Labute approximate surface area is 119 Å². The molecule has 102 valence electrons. The minimum atomic E-state index is 0.455. The maximum atomic E-state index is 8.42. The van der Waals surface area contributed by atoms with Gasteiger partial charge in [0.05, 0.1) is 11.1 Å². The van der Waals surface area contributed by atoms with Crippen LogP contribution in [0.4, 0.5) is 0 Å². The molecule has 1 N–H and O–H groups in total. The second-order valence-electron chi connectivity index (χ2n) is 4.16. The molecule has 0 heterocycles. The van der Waals surface area contributed by atoms with Crippen LogP contribution in [0.3, 0.4) is 0 Å². The lowest BCUT2D eigenvalue weighted by Gasteiger charge is -2.08. The van der Waals surface area contributed by atoms with Crippen LogP contribution >= 0.6 is 11.6 Å². The lowest BCUT2D eigenvalue weighted by atomic mass is 10.2. The zero-order valence-electron chi connectivity index (χ0n) is 11.0. The summed E-state index contributed by atoms with van der Waals surface area (Å²) in [6.07, 6.45) is 4.27. The predicted molar refractivity (Wildman–Crippen MR) is 78.3 cm³/mol. The molecule has 0 spiro atoms. The van der Waals surface area contributed by atoms with E-state index in [1.165, 1.54) is 0 Å². The Morgan fingerprint density at radius 1 is 1.42 bits per heavy atom. The van der Waals surface area contributed by atoms with Crippen LogP contribution in [0.2, 0.25) is 5.02 Å². The van der Waals surface area contributed by atoms with Gasteiger partial charge < -0.3 is 10.1 Å². The van der Waals surface area contributed by atoms with Crippen LogP contribution in [-0.4, -0.2) is 13.2 Å². The number of ether oxygens (including phenoxy) is 1. The van der Waals surface area contributed by atoms with Gasteiger partial charge in [-0.2, -0.15) is 5.26 Å².